The molecule has 3 rings (SSSR count). The van der Waals surface area contributed by atoms with Crippen LogP contribution in [0.3, 0.4) is 0 Å². The predicted molar refractivity (Wildman–Crippen MR) is 70.8 cm³/mol. The topological polar surface area (TPSA) is 26.3 Å². The quantitative estimate of drug-likeness (QED) is 0.371. The Balaban J connectivity index is 2.01. The number of ether oxygens (including phenoxy) is 1. The minimum Gasteiger partial charge on any atom is -0.458 e. The van der Waals surface area contributed by atoms with Gasteiger partial charge in [0.15, 0.2) is 0 Å². The maximum absolute atomic E-state index is 11.7. The Labute approximate surface area is 108 Å². The number of carbonyl (C=O) groups is 1. The third kappa shape index (κ3) is 1.44. The van der Waals surface area contributed by atoms with Crippen LogP contribution >= 0.6 is 0 Å². The maximum atomic E-state index is 11.7. The van der Waals surface area contributed by atoms with Crippen LogP contribution in [0.25, 0.3) is 0 Å². The van der Waals surface area contributed by atoms with Crippen LogP contribution in [-0.2, 0) is 9.53 Å². The van der Waals surface area contributed by atoms with E-state index in [4.69, 9.17) is 4.74 Å². The van der Waals surface area contributed by atoms with Gasteiger partial charge >= 0.3 is 5.97 Å². The van der Waals surface area contributed by atoms with Gasteiger partial charge in [-0.25, -0.2) is 4.79 Å². The summed E-state index contributed by atoms with van der Waals surface area (Å²) < 4.78 is 5.60. The first kappa shape index (κ1) is 11.8. The molecule has 96 valence electrons. The van der Waals surface area contributed by atoms with Gasteiger partial charge in [-0.05, 0) is 31.1 Å². The number of esters is 1. The molecular formula is C16H20O2. The molecule has 0 aromatic heterocycles. The predicted octanol–water partition coefficient (Wildman–Crippen LogP) is 3.26. The fourth-order valence-electron chi connectivity index (χ4n) is 3.95. The molecule has 18 heavy (non-hydrogen) atoms. The number of rotatable bonds is 0. The highest BCUT2D eigenvalue weighted by Crippen LogP contribution is 2.53. The van der Waals surface area contributed by atoms with Crippen molar-refractivity contribution in [2.75, 3.05) is 0 Å². The average molecular weight is 244 g/mol. The van der Waals surface area contributed by atoms with Gasteiger partial charge < -0.3 is 4.74 Å². The lowest BCUT2D eigenvalue weighted by Gasteiger charge is -2.26. The molecule has 2 nitrogen and oxygen atoms in total. The molecule has 0 N–H and O–H groups in total. The normalized spacial score (nSPS) is 43.5. The first-order valence-corrected chi connectivity index (χ1v) is 6.76. The van der Waals surface area contributed by atoms with Crippen molar-refractivity contribution < 1.29 is 9.53 Å². The first-order valence-electron chi connectivity index (χ1n) is 6.76. The molecule has 0 bridgehead atoms. The van der Waals surface area contributed by atoms with Gasteiger partial charge in [0, 0.05) is 17.4 Å². The summed E-state index contributed by atoms with van der Waals surface area (Å²) in [5.41, 5.74) is 3.20. The molecule has 3 aliphatic rings. The van der Waals surface area contributed by atoms with E-state index < -0.39 is 0 Å². The summed E-state index contributed by atoms with van der Waals surface area (Å²) in [4.78, 5) is 11.7. The summed E-state index contributed by atoms with van der Waals surface area (Å²) in [6.45, 7) is 14.6. The van der Waals surface area contributed by atoms with Crippen LogP contribution in [0, 0.1) is 23.7 Å². The van der Waals surface area contributed by atoms with Crippen molar-refractivity contribution >= 4 is 5.97 Å². The fraction of sp³-hybridized carbons (Fsp3) is 0.562. The summed E-state index contributed by atoms with van der Waals surface area (Å²) in [7, 11) is 0. The second kappa shape index (κ2) is 3.84. The number of allylic oxidation sites excluding steroid dienone is 1. The zero-order valence-corrected chi connectivity index (χ0v) is 10.9. The molecule has 2 heteroatoms. The molecule has 0 amide bonds. The van der Waals surface area contributed by atoms with E-state index in [2.05, 4.69) is 26.7 Å². The summed E-state index contributed by atoms with van der Waals surface area (Å²) in [5.74, 6) is 1.18. The number of fused-ring (bicyclic) bond motifs is 3. The van der Waals surface area contributed by atoms with Crippen molar-refractivity contribution in [3.63, 3.8) is 0 Å². The smallest absolute Gasteiger partial charge is 0.334 e. The highest BCUT2D eigenvalue weighted by atomic mass is 16.6. The van der Waals surface area contributed by atoms with E-state index >= 15 is 0 Å². The van der Waals surface area contributed by atoms with Crippen LogP contribution < -0.4 is 0 Å². The van der Waals surface area contributed by atoms with Crippen molar-refractivity contribution in [2.45, 2.75) is 32.3 Å². The Hall–Kier alpha value is -1.31. The zero-order chi connectivity index (χ0) is 13.0. The highest BCUT2D eigenvalue weighted by molar-refractivity contribution is 5.91. The molecule has 1 heterocycles. The van der Waals surface area contributed by atoms with Gasteiger partial charge in [0.1, 0.15) is 6.10 Å². The summed E-state index contributed by atoms with van der Waals surface area (Å²) in [6, 6.07) is 0. The molecule has 2 aliphatic carbocycles. The van der Waals surface area contributed by atoms with E-state index in [1.54, 1.807) is 0 Å². The fourth-order valence-corrected chi connectivity index (χ4v) is 3.95. The molecule has 0 spiro atoms. The Morgan fingerprint density at radius 3 is 2.67 bits per heavy atom. The van der Waals surface area contributed by atoms with E-state index in [0.29, 0.717) is 17.4 Å². The minimum absolute atomic E-state index is 0.0355. The largest absolute Gasteiger partial charge is 0.458 e. The Morgan fingerprint density at radius 1 is 1.22 bits per heavy atom. The van der Waals surface area contributed by atoms with Crippen LogP contribution in [-0.4, -0.2) is 12.1 Å². The van der Waals surface area contributed by atoms with E-state index in [1.807, 2.05) is 0 Å². The maximum Gasteiger partial charge on any atom is 0.334 e. The summed E-state index contributed by atoms with van der Waals surface area (Å²) in [6.07, 6.45) is 3.00. The molecule has 2 saturated carbocycles. The Morgan fingerprint density at radius 2 is 1.94 bits per heavy atom. The van der Waals surface area contributed by atoms with E-state index in [-0.39, 0.29) is 23.9 Å². The van der Waals surface area contributed by atoms with Gasteiger partial charge in [-0.3, -0.25) is 0 Å². The van der Waals surface area contributed by atoms with Crippen molar-refractivity contribution in [1.29, 1.82) is 0 Å². The van der Waals surface area contributed by atoms with Gasteiger partial charge in [-0.1, -0.05) is 37.8 Å². The van der Waals surface area contributed by atoms with Crippen molar-refractivity contribution in [1.82, 2.24) is 0 Å². The number of carbonyl (C=O) groups excluding carboxylic acids is 1. The standard InChI is InChI=1S/C16H20O2/c1-8-5-6-12-11(4)16(17)18-15(12)14-10(3)9(2)7-13(8)14/h9,12-15H,1,3-7H2,2H3. The second-order valence-corrected chi connectivity index (χ2v) is 6.04. The monoisotopic (exact) mass is 244 g/mol. The molecule has 0 aromatic carbocycles. The van der Waals surface area contributed by atoms with Gasteiger partial charge in [-0.15, -0.1) is 0 Å². The van der Waals surface area contributed by atoms with Gasteiger partial charge in [-0.2, -0.15) is 0 Å². The third-order valence-corrected chi connectivity index (χ3v) is 5.11. The molecule has 0 radical (unpaired) electrons. The van der Waals surface area contributed by atoms with Gasteiger partial charge in [0.2, 0.25) is 0 Å². The highest BCUT2D eigenvalue weighted by Gasteiger charge is 2.51. The van der Waals surface area contributed by atoms with Crippen molar-refractivity contribution in [3.05, 3.63) is 36.5 Å². The van der Waals surface area contributed by atoms with E-state index in [9.17, 15) is 4.79 Å². The van der Waals surface area contributed by atoms with Crippen molar-refractivity contribution in [3.8, 4) is 0 Å². The average Bonchev–Trinajstić information content (AvgIpc) is 2.72. The molecular weight excluding hydrogens is 224 g/mol. The first-order chi connectivity index (χ1) is 8.50. The molecule has 0 aromatic rings. The van der Waals surface area contributed by atoms with E-state index in [1.165, 1.54) is 11.1 Å². The zero-order valence-electron chi connectivity index (χ0n) is 10.9. The molecule has 5 atom stereocenters. The number of hydrogen-bond donors (Lipinski definition) is 0. The minimum atomic E-state index is -0.205. The lowest BCUT2D eigenvalue weighted by atomic mass is 9.81. The second-order valence-electron chi connectivity index (χ2n) is 6.04. The summed E-state index contributed by atoms with van der Waals surface area (Å²) >= 11 is 0. The molecule has 1 aliphatic heterocycles. The van der Waals surface area contributed by atoms with E-state index in [0.717, 1.165) is 19.3 Å². The Kier molecular flexibility index (Phi) is 2.51. The number of hydrogen-bond acceptors (Lipinski definition) is 2. The van der Waals surface area contributed by atoms with Crippen LogP contribution in [0.1, 0.15) is 26.2 Å². The van der Waals surface area contributed by atoms with Crippen LogP contribution in [0.2, 0.25) is 0 Å². The van der Waals surface area contributed by atoms with Crippen molar-refractivity contribution in [2.24, 2.45) is 23.7 Å². The van der Waals surface area contributed by atoms with Crippen LogP contribution in [0.5, 0.6) is 0 Å². The molecule has 3 fully saturated rings. The Bertz CT molecular complexity index is 460. The van der Waals surface area contributed by atoms with Gasteiger partial charge in [0.05, 0.1) is 0 Å². The third-order valence-electron chi connectivity index (χ3n) is 5.11. The summed E-state index contributed by atoms with van der Waals surface area (Å²) in [5, 5.41) is 0. The van der Waals surface area contributed by atoms with Gasteiger partial charge in [0.25, 0.3) is 0 Å². The SMILES string of the molecule is C=C1C(=O)OC2C1CCC(=C)C1CC(C)C(=C)C12. The lowest BCUT2D eigenvalue weighted by Crippen LogP contribution is -2.28. The molecule has 5 unspecified atom stereocenters. The molecule has 1 saturated heterocycles. The van der Waals surface area contributed by atoms with Crippen LogP contribution in [0.15, 0.2) is 36.5 Å². The lowest BCUT2D eigenvalue weighted by molar-refractivity contribution is -0.141. The van der Waals surface area contributed by atoms with Crippen LogP contribution in [0.4, 0.5) is 0 Å².